The zero-order valence-electron chi connectivity index (χ0n) is 16.3. The van der Waals surface area contributed by atoms with Crippen LogP contribution in [0.15, 0.2) is 54.6 Å². The molecule has 0 fully saturated rings. The smallest absolute Gasteiger partial charge is 0.418 e. The van der Waals surface area contributed by atoms with Crippen LogP contribution in [-0.2, 0) is 12.7 Å². The molecule has 0 aliphatic carbocycles. The molecule has 4 nitrogen and oxygen atoms in total. The lowest BCUT2D eigenvalue weighted by atomic mass is 10.1. The van der Waals surface area contributed by atoms with Gasteiger partial charge in [-0.3, -0.25) is 4.79 Å². The second kappa shape index (κ2) is 8.03. The van der Waals surface area contributed by atoms with Crippen molar-refractivity contribution in [1.29, 1.82) is 0 Å². The van der Waals surface area contributed by atoms with Gasteiger partial charge < -0.3 is 14.6 Å². The summed E-state index contributed by atoms with van der Waals surface area (Å²) in [6, 6.07) is 14.2. The highest BCUT2D eigenvalue weighted by Crippen LogP contribution is 2.35. The van der Waals surface area contributed by atoms with Crippen LogP contribution in [0.4, 0.5) is 13.2 Å². The lowest BCUT2D eigenvalue weighted by molar-refractivity contribution is -0.137. The molecule has 0 unspecified atom stereocenters. The highest BCUT2D eigenvalue weighted by Gasteiger charge is 2.34. The van der Waals surface area contributed by atoms with Gasteiger partial charge in [-0.05, 0) is 49.7 Å². The van der Waals surface area contributed by atoms with Crippen LogP contribution in [0.2, 0.25) is 0 Å². The van der Waals surface area contributed by atoms with Gasteiger partial charge in [0, 0.05) is 17.9 Å². The quantitative estimate of drug-likeness (QED) is 0.649. The molecule has 0 radical (unpaired) electrons. The second-order valence-electron chi connectivity index (χ2n) is 6.67. The molecule has 1 heterocycles. The number of alkyl halides is 3. The summed E-state index contributed by atoms with van der Waals surface area (Å²) in [5, 5.41) is 2.81. The van der Waals surface area contributed by atoms with E-state index in [0.29, 0.717) is 22.7 Å². The van der Waals surface area contributed by atoms with Gasteiger partial charge in [-0.1, -0.05) is 24.3 Å². The fourth-order valence-corrected chi connectivity index (χ4v) is 3.33. The Kier molecular flexibility index (Phi) is 5.68. The highest BCUT2D eigenvalue weighted by molar-refractivity contribution is 5.95. The number of amides is 1. The average Bonchev–Trinajstić information content (AvgIpc) is 2.99. The van der Waals surface area contributed by atoms with E-state index < -0.39 is 11.7 Å². The van der Waals surface area contributed by atoms with E-state index in [1.165, 1.54) is 16.7 Å². The average molecular weight is 402 g/mol. The van der Waals surface area contributed by atoms with Crippen molar-refractivity contribution in [3.63, 3.8) is 0 Å². The normalized spacial score (nSPS) is 11.4. The minimum Gasteiger partial charge on any atom is -0.497 e. The van der Waals surface area contributed by atoms with Gasteiger partial charge in [0.1, 0.15) is 5.75 Å². The lowest BCUT2D eigenvalue weighted by Gasteiger charge is -2.16. The molecule has 152 valence electrons. The second-order valence-corrected chi connectivity index (χ2v) is 6.67. The Bertz CT molecular complexity index is 1040. The fourth-order valence-electron chi connectivity index (χ4n) is 3.33. The number of aromatic nitrogens is 1. The summed E-state index contributed by atoms with van der Waals surface area (Å²) in [5.41, 5.74) is 1.44. The van der Waals surface area contributed by atoms with E-state index in [0.717, 1.165) is 11.6 Å². The lowest BCUT2D eigenvalue weighted by Crippen LogP contribution is -2.23. The number of methoxy groups -OCH3 is 1. The number of carbonyl (C=O) groups is 1. The number of nitrogens with zero attached hydrogens (tertiary/aromatic N) is 1. The molecule has 0 bridgehead atoms. The number of para-hydroxylation sites is 1. The van der Waals surface area contributed by atoms with Gasteiger partial charge in [-0.2, -0.15) is 13.2 Å². The van der Waals surface area contributed by atoms with Crippen molar-refractivity contribution in [2.24, 2.45) is 0 Å². The number of halogens is 3. The molecule has 1 amide bonds. The summed E-state index contributed by atoms with van der Waals surface area (Å²) in [6.07, 6.45) is -4.49. The van der Waals surface area contributed by atoms with Crippen LogP contribution in [0.5, 0.6) is 5.75 Å². The van der Waals surface area contributed by atoms with Crippen LogP contribution < -0.4 is 10.1 Å². The van der Waals surface area contributed by atoms with E-state index in [1.54, 1.807) is 39.2 Å². The van der Waals surface area contributed by atoms with Gasteiger partial charge >= 0.3 is 6.18 Å². The van der Waals surface area contributed by atoms with Crippen LogP contribution in [-0.4, -0.2) is 17.6 Å². The van der Waals surface area contributed by atoms with Crippen LogP contribution in [0.3, 0.4) is 0 Å². The largest absolute Gasteiger partial charge is 0.497 e. The zero-order chi connectivity index (χ0) is 21.2. The molecular formula is C22H21F3N2O2. The number of carbonyl (C=O) groups excluding carboxylic acids is 1. The van der Waals surface area contributed by atoms with E-state index in [-0.39, 0.29) is 18.1 Å². The van der Waals surface area contributed by atoms with Crippen LogP contribution in [0.1, 0.15) is 32.9 Å². The van der Waals surface area contributed by atoms with Crippen LogP contribution in [0, 0.1) is 13.8 Å². The van der Waals surface area contributed by atoms with Crippen molar-refractivity contribution >= 4 is 5.91 Å². The maximum atomic E-state index is 13.4. The third-order valence-corrected chi connectivity index (χ3v) is 4.71. The fraction of sp³-hybridized carbons (Fsp3) is 0.227. The molecule has 0 saturated carbocycles. The van der Waals surface area contributed by atoms with Gasteiger partial charge in [0.05, 0.1) is 23.9 Å². The molecule has 0 saturated heterocycles. The maximum Gasteiger partial charge on any atom is 0.418 e. The summed E-state index contributed by atoms with van der Waals surface area (Å²) < 4.78 is 46.9. The molecule has 1 aromatic heterocycles. The summed E-state index contributed by atoms with van der Waals surface area (Å²) in [7, 11) is 1.56. The third kappa shape index (κ3) is 4.29. The molecule has 0 aliphatic heterocycles. The predicted molar refractivity (Wildman–Crippen MR) is 104 cm³/mol. The third-order valence-electron chi connectivity index (χ3n) is 4.71. The first-order chi connectivity index (χ1) is 13.7. The van der Waals surface area contributed by atoms with Gasteiger partial charge in [0.15, 0.2) is 0 Å². The number of nitrogens with one attached hydrogen (secondary N) is 1. The Labute approximate surface area is 166 Å². The first kappa shape index (κ1) is 20.5. The summed E-state index contributed by atoms with van der Waals surface area (Å²) >= 11 is 0. The van der Waals surface area contributed by atoms with Gasteiger partial charge in [-0.15, -0.1) is 0 Å². The minimum atomic E-state index is -4.49. The molecule has 1 N–H and O–H groups in total. The minimum absolute atomic E-state index is 0.00171. The Morgan fingerprint density at radius 2 is 1.79 bits per heavy atom. The van der Waals surface area contributed by atoms with E-state index in [2.05, 4.69) is 5.32 Å². The van der Waals surface area contributed by atoms with E-state index in [4.69, 9.17) is 4.74 Å². The number of hydrogen-bond acceptors (Lipinski definition) is 2. The molecule has 2 aromatic carbocycles. The molecule has 3 rings (SSSR count). The van der Waals surface area contributed by atoms with Gasteiger partial charge in [0.25, 0.3) is 5.91 Å². The van der Waals surface area contributed by atoms with E-state index in [9.17, 15) is 18.0 Å². The zero-order valence-corrected chi connectivity index (χ0v) is 16.3. The number of benzene rings is 2. The van der Waals surface area contributed by atoms with Crippen molar-refractivity contribution in [2.75, 3.05) is 7.11 Å². The molecule has 29 heavy (non-hydrogen) atoms. The van der Waals surface area contributed by atoms with Crippen molar-refractivity contribution in [3.8, 4) is 11.4 Å². The first-order valence-electron chi connectivity index (χ1n) is 8.99. The maximum absolute atomic E-state index is 13.4. The van der Waals surface area contributed by atoms with Gasteiger partial charge in [0.2, 0.25) is 0 Å². The number of rotatable bonds is 5. The number of ether oxygens (including phenoxy) is 1. The standard InChI is InChI=1S/C22H21F3N2O2/c1-14-11-18(21(28)26-13-16-7-6-8-17(12-16)29-3)15(2)27(14)20-10-5-4-9-19(20)22(23,24)25/h4-12H,13H2,1-3H3,(H,26,28). The van der Waals surface area contributed by atoms with Gasteiger partial charge in [-0.25, -0.2) is 0 Å². The Balaban J connectivity index is 1.89. The molecular weight excluding hydrogens is 381 g/mol. The SMILES string of the molecule is COc1cccc(CNC(=O)c2cc(C)n(-c3ccccc3C(F)(F)F)c2C)c1. The van der Waals surface area contributed by atoms with E-state index in [1.807, 2.05) is 18.2 Å². The molecule has 3 aromatic rings. The summed E-state index contributed by atoms with van der Waals surface area (Å²) in [4.78, 5) is 12.7. The Morgan fingerprint density at radius 3 is 2.48 bits per heavy atom. The molecule has 7 heteroatoms. The topological polar surface area (TPSA) is 43.3 Å². The first-order valence-corrected chi connectivity index (χ1v) is 8.99. The predicted octanol–water partition coefficient (Wildman–Crippen LogP) is 5.05. The monoisotopic (exact) mass is 402 g/mol. The molecule has 0 spiro atoms. The molecule has 0 aliphatic rings. The van der Waals surface area contributed by atoms with Crippen molar-refractivity contribution < 1.29 is 22.7 Å². The highest BCUT2D eigenvalue weighted by atomic mass is 19.4. The molecule has 0 atom stereocenters. The summed E-state index contributed by atoms with van der Waals surface area (Å²) in [6.45, 7) is 3.60. The van der Waals surface area contributed by atoms with Crippen molar-refractivity contribution in [3.05, 3.63) is 82.7 Å². The Hall–Kier alpha value is -3.22. The number of aryl methyl sites for hydroxylation is 1. The van der Waals surface area contributed by atoms with Crippen molar-refractivity contribution in [2.45, 2.75) is 26.6 Å². The van der Waals surface area contributed by atoms with Crippen LogP contribution >= 0.6 is 0 Å². The summed E-state index contributed by atoms with van der Waals surface area (Å²) in [5.74, 6) is 0.329. The Morgan fingerprint density at radius 1 is 1.07 bits per heavy atom. The van der Waals surface area contributed by atoms with Crippen molar-refractivity contribution in [1.82, 2.24) is 9.88 Å². The number of hydrogen-bond donors (Lipinski definition) is 1. The van der Waals surface area contributed by atoms with Crippen LogP contribution in [0.25, 0.3) is 5.69 Å². The van der Waals surface area contributed by atoms with E-state index >= 15 is 0 Å².